The van der Waals surface area contributed by atoms with Crippen molar-refractivity contribution in [3.05, 3.63) is 65.8 Å². The van der Waals surface area contributed by atoms with Gasteiger partial charge in [0, 0.05) is 24.5 Å². The number of nitrogens with zero attached hydrogens (tertiary/aromatic N) is 4. The van der Waals surface area contributed by atoms with Gasteiger partial charge in [0.15, 0.2) is 0 Å². The Morgan fingerprint density at radius 2 is 2.12 bits per heavy atom. The first-order valence-electron chi connectivity index (χ1n) is 8.01. The van der Waals surface area contributed by atoms with Crippen LogP contribution in [-0.2, 0) is 13.0 Å². The van der Waals surface area contributed by atoms with Crippen LogP contribution in [0, 0.1) is 0 Å². The predicted octanol–water partition coefficient (Wildman–Crippen LogP) is 2.22. The van der Waals surface area contributed by atoms with E-state index in [1.54, 1.807) is 12.4 Å². The standard InChI is InChI=1S/C18H18N4O2/c23-12-16-15-6-2-1-4-13(15)7-9-22(16)11-17-20-18(21-24-17)14-5-3-8-19-10-14/h1-6,8,10,16,23H,7,9,11-12H2. The highest BCUT2D eigenvalue weighted by molar-refractivity contribution is 5.51. The van der Waals surface area contributed by atoms with Crippen molar-refractivity contribution in [2.75, 3.05) is 13.2 Å². The zero-order valence-corrected chi connectivity index (χ0v) is 13.2. The molecule has 1 aliphatic rings. The summed E-state index contributed by atoms with van der Waals surface area (Å²) in [4.78, 5) is 10.7. The summed E-state index contributed by atoms with van der Waals surface area (Å²) in [5, 5.41) is 13.9. The van der Waals surface area contributed by atoms with Crippen LogP contribution in [0.5, 0.6) is 0 Å². The summed E-state index contributed by atoms with van der Waals surface area (Å²) in [6.45, 7) is 1.44. The lowest BCUT2D eigenvalue weighted by atomic mass is 9.93. The van der Waals surface area contributed by atoms with E-state index in [2.05, 4.69) is 32.2 Å². The molecule has 0 amide bonds. The number of hydrogen-bond acceptors (Lipinski definition) is 6. The van der Waals surface area contributed by atoms with Crippen LogP contribution in [0.1, 0.15) is 23.1 Å². The maximum absolute atomic E-state index is 9.85. The first-order valence-corrected chi connectivity index (χ1v) is 8.01. The van der Waals surface area contributed by atoms with E-state index in [0.717, 1.165) is 18.5 Å². The highest BCUT2D eigenvalue weighted by Gasteiger charge is 2.27. The molecule has 3 aromatic rings. The topological polar surface area (TPSA) is 75.3 Å². The number of benzene rings is 1. The van der Waals surface area contributed by atoms with Crippen molar-refractivity contribution in [1.29, 1.82) is 0 Å². The van der Waals surface area contributed by atoms with E-state index in [4.69, 9.17) is 4.52 Å². The zero-order chi connectivity index (χ0) is 16.4. The second kappa shape index (κ2) is 6.51. The van der Waals surface area contributed by atoms with E-state index >= 15 is 0 Å². The van der Waals surface area contributed by atoms with E-state index in [9.17, 15) is 5.11 Å². The van der Waals surface area contributed by atoms with Gasteiger partial charge in [-0.05, 0) is 29.7 Å². The molecule has 1 aliphatic heterocycles. The van der Waals surface area contributed by atoms with Gasteiger partial charge in [0.25, 0.3) is 0 Å². The molecule has 4 rings (SSSR count). The van der Waals surface area contributed by atoms with Crippen LogP contribution in [0.4, 0.5) is 0 Å². The van der Waals surface area contributed by atoms with Gasteiger partial charge < -0.3 is 9.63 Å². The molecule has 0 saturated carbocycles. The van der Waals surface area contributed by atoms with Crippen LogP contribution in [0.15, 0.2) is 53.3 Å². The van der Waals surface area contributed by atoms with Crippen LogP contribution in [0.25, 0.3) is 11.4 Å². The Kier molecular flexibility index (Phi) is 4.06. The summed E-state index contributed by atoms with van der Waals surface area (Å²) < 4.78 is 5.39. The number of pyridine rings is 1. The van der Waals surface area contributed by atoms with E-state index in [0.29, 0.717) is 18.3 Å². The molecule has 3 heterocycles. The third kappa shape index (κ3) is 2.81. The van der Waals surface area contributed by atoms with Gasteiger partial charge in [-0.1, -0.05) is 29.4 Å². The van der Waals surface area contributed by atoms with E-state index < -0.39 is 0 Å². The van der Waals surface area contributed by atoms with Crippen LogP contribution in [-0.4, -0.2) is 38.3 Å². The van der Waals surface area contributed by atoms with Gasteiger partial charge in [0.2, 0.25) is 11.7 Å². The smallest absolute Gasteiger partial charge is 0.241 e. The lowest BCUT2D eigenvalue weighted by Gasteiger charge is -2.35. The predicted molar refractivity (Wildman–Crippen MR) is 87.9 cm³/mol. The average molecular weight is 322 g/mol. The summed E-state index contributed by atoms with van der Waals surface area (Å²) in [5.41, 5.74) is 3.31. The summed E-state index contributed by atoms with van der Waals surface area (Å²) >= 11 is 0. The Bertz CT molecular complexity index is 819. The molecule has 6 nitrogen and oxygen atoms in total. The molecular formula is C18H18N4O2. The molecule has 0 fully saturated rings. The molecule has 0 aliphatic carbocycles. The van der Waals surface area contributed by atoms with Gasteiger partial charge in [-0.3, -0.25) is 9.88 Å². The van der Waals surface area contributed by atoms with Gasteiger partial charge >= 0.3 is 0 Å². The fourth-order valence-electron chi connectivity index (χ4n) is 3.21. The Labute approximate surface area is 139 Å². The maximum Gasteiger partial charge on any atom is 0.241 e. The lowest BCUT2D eigenvalue weighted by Crippen LogP contribution is -2.36. The molecule has 24 heavy (non-hydrogen) atoms. The lowest BCUT2D eigenvalue weighted by molar-refractivity contribution is 0.0971. The number of aromatic nitrogens is 3. The number of rotatable bonds is 4. The van der Waals surface area contributed by atoms with Gasteiger partial charge in [-0.2, -0.15) is 4.98 Å². The minimum absolute atomic E-state index is 0.0382. The summed E-state index contributed by atoms with van der Waals surface area (Å²) in [6, 6.07) is 12.0. The molecule has 0 saturated heterocycles. The van der Waals surface area contributed by atoms with Crippen molar-refractivity contribution in [2.45, 2.75) is 19.0 Å². The van der Waals surface area contributed by atoms with Crippen LogP contribution in [0.3, 0.4) is 0 Å². The second-order valence-corrected chi connectivity index (χ2v) is 5.87. The summed E-state index contributed by atoms with van der Waals surface area (Å²) in [5.74, 6) is 1.09. The number of aliphatic hydroxyl groups is 1. The molecule has 1 unspecified atom stereocenters. The van der Waals surface area contributed by atoms with E-state index in [1.807, 2.05) is 24.3 Å². The third-order valence-corrected chi connectivity index (χ3v) is 4.42. The molecule has 0 radical (unpaired) electrons. The summed E-state index contributed by atoms with van der Waals surface area (Å²) in [7, 11) is 0. The molecule has 0 spiro atoms. The zero-order valence-electron chi connectivity index (χ0n) is 13.2. The highest BCUT2D eigenvalue weighted by Crippen LogP contribution is 2.30. The maximum atomic E-state index is 9.85. The van der Waals surface area contributed by atoms with Crippen molar-refractivity contribution in [3.63, 3.8) is 0 Å². The largest absolute Gasteiger partial charge is 0.394 e. The number of aliphatic hydroxyl groups excluding tert-OH is 1. The number of hydrogen-bond donors (Lipinski definition) is 1. The quantitative estimate of drug-likeness (QED) is 0.794. The van der Waals surface area contributed by atoms with Gasteiger partial charge in [0.05, 0.1) is 19.2 Å². The van der Waals surface area contributed by atoms with Crippen LogP contribution >= 0.6 is 0 Å². The Hall–Kier alpha value is -2.57. The van der Waals surface area contributed by atoms with E-state index in [-0.39, 0.29) is 12.6 Å². The first kappa shape index (κ1) is 15.0. The normalized spacial score (nSPS) is 17.6. The summed E-state index contributed by atoms with van der Waals surface area (Å²) in [6.07, 6.45) is 4.38. The fourth-order valence-corrected chi connectivity index (χ4v) is 3.21. The minimum Gasteiger partial charge on any atom is -0.394 e. The van der Waals surface area contributed by atoms with Gasteiger partial charge in [-0.25, -0.2) is 0 Å². The van der Waals surface area contributed by atoms with Gasteiger partial charge in [-0.15, -0.1) is 0 Å². The molecule has 1 N–H and O–H groups in total. The molecule has 1 atom stereocenters. The third-order valence-electron chi connectivity index (χ3n) is 4.42. The highest BCUT2D eigenvalue weighted by atomic mass is 16.5. The van der Waals surface area contributed by atoms with Crippen molar-refractivity contribution in [2.24, 2.45) is 0 Å². The van der Waals surface area contributed by atoms with Gasteiger partial charge in [0.1, 0.15) is 0 Å². The monoisotopic (exact) mass is 322 g/mol. The van der Waals surface area contributed by atoms with Crippen molar-refractivity contribution in [1.82, 2.24) is 20.0 Å². The Morgan fingerprint density at radius 1 is 1.21 bits per heavy atom. The molecule has 6 heteroatoms. The molecular weight excluding hydrogens is 304 g/mol. The van der Waals surface area contributed by atoms with E-state index in [1.165, 1.54) is 11.1 Å². The first-order chi connectivity index (χ1) is 11.8. The Balaban J connectivity index is 1.55. The van der Waals surface area contributed by atoms with Crippen LogP contribution < -0.4 is 0 Å². The number of fused-ring (bicyclic) bond motifs is 1. The van der Waals surface area contributed by atoms with Crippen LogP contribution in [0.2, 0.25) is 0 Å². The fraction of sp³-hybridized carbons (Fsp3) is 0.278. The molecule has 2 aromatic heterocycles. The van der Waals surface area contributed by atoms with Crippen molar-refractivity contribution < 1.29 is 9.63 Å². The Morgan fingerprint density at radius 3 is 2.96 bits per heavy atom. The SMILES string of the molecule is OCC1c2ccccc2CCN1Cc1nc(-c2cccnc2)no1. The molecule has 0 bridgehead atoms. The van der Waals surface area contributed by atoms with Crippen molar-refractivity contribution in [3.8, 4) is 11.4 Å². The van der Waals surface area contributed by atoms with Crippen molar-refractivity contribution >= 4 is 0 Å². The average Bonchev–Trinajstić information content (AvgIpc) is 3.11. The molecule has 122 valence electrons. The minimum atomic E-state index is -0.0382. The molecule has 1 aromatic carbocycles. The second-order valence-electron chi connectivity index (χ2n) is 5.87.